The number of quaternary nitrogens is 1. The van der Waals surface area contributed by atoms with Crippen LogP contribution in [0.1, 0.15) is 233 Å². The topological polar surface area (TPSA) is 111 Å². The van der Waals surface area contributed by atoms with E-state index in [9.17, 15) is 19.0 Å². The van der Waals surface area contributed by atoms with Crippen LogP contribution in [-0.4, -0.2) is 74.3 Å². The van der Waals surface area contributed by atoms with E-state index in [1.165, 1.54) is 89.9 Å². The van der Waals surface area contributed by atoms with Crippen molar-refractivity contribution in [2.75, 3.05) is 40.9 Å². The minimum atomic E-state index is -4.46. The minimum absolute atomic E-state index is 0.0295. The number of nitrogens with zero attached hydrogens (tertiary/aromatic N) is 1. The van der Waals surface area contributed by atoms with Crippen LogP contribution in [0.25, 0.3) is 0 Å². The maximum absolute atomic E-state index is 13.5. The molecule has 404 valence electrons. The van der Waals surface area contributed by atoms with Crippen LogP contribution in [0.4, 0.5) is 0 Å². The number of carbonyl (C=O) groups excluding carboxylic acids is 2. The van der Waals surface area contributed by atoms with Gasteiger partial charge in [0.05, 0.1) is 33.8 Å². The normalized spacial score (nSPS) is 14.4. The second kappa shape index (κ2) is 49.8. The molecule has 0 aliphatic carbocycles. The lowest BCUT2D eigenvalue weighted by Gasteiger charge is -2.27. The van der Waals surface area contributed by atoms with Crippen molar-refractivity contribution >= 4 is 19.7 Å². The lowest BCUT2D eigenvalue weighted by molar-refractivity contribution is -0.870. The summed E-state index contributed by atoms with van der Waals surface area (Å²) in [4.78, 5) is 37.5. The summed E-state index contributed by atoms with van der Waals surface area (Å²) in [6.07, 6.45) is 64.3. The van der Waals surface area contributed by atoms with Crippen molar-refractivity contribution in [2.24, 2.45) is 0 Å². The Morgan fingerprint density at radius 2 is 0.914 bits per heavy atom. The van der Waals surface area contributed by atoms with Gasteiger partial charge in [-0.25, -0.2) is 4.57 Å². The Kier molecular flexibility index (Phi) is 47.8. The molecular formula is C60H108N2O7P+. The van der Waals surface area contributed by atoms with Crippen LogP contribution in [0.2, 0.25) is 0 Å². The number of hydrogen-bond acceptors (Lipinski definition) is 6. The van der Waals surface area contributed by atoms with Crippen LogP contribution < -0.4 is 5.32 Å². The van der Waals surface area contributed by atoms with Crippen LogP contribution in [0.3, 0.4) is 0 Å². The lowest BCUT2D eigenvalue weighted by Crippen LogP contribution is -2.47. The molecule has 0 aromatic heterocycles. The van der Waals surface area contributed by atoms with Crippen LogP contribution in [0, 0.1) is 0 Å². The molecule has 0 saturated heterocycles. The average Bonchev–Trinajstić information content (AvgIpc) is 3.32. The van der Waals surface area contributed by atoms with Gasteiger partial charge in [-0.3, -0.25) is 18.6 Å². The summed E-state index contributed by atoms with van der Waals surface area (Å²) in [7, 11) is 1.46. The summed E-state index contributed by atoms with van der Waals surface area (Å²) in [5, 5.41) is 3.03. The van der Waals surface area contributed by atoms with Crippen LogP contribution in [0.5, 0.6) is 0 Å². The van der Waals surface area contributed by atoms with Gasteiger partial charge in [0.1, 0.15) is 19.3 Å². The van der Waals surface area contributed by atoms with E-state index in [1.54, 1.807) is 0 Å². The van der Waals surface area contributed by atoms with Crippen LogP contribution >= 0.6 is 7.82 Å². The molecule has 0 heterocycles. The first-order valence-corrected chi connectivity index (χ1v) is 29.9. The maximum Gasteiger partial charge on any atom is 0.472 e. The summed E-state index contributed by atoms with van der Waals surface area (Å²) in [5.41, 5.74) is 0. The zero-order valence-corrected chi connectivity index (χ0v) is 46.9. The van der Waals surface area contributed by atoms with Crippen molar-refractivity contribution in [2.45, 2.75) is 245 Å². The van der Waals surface area contributed by atoms with E-state index in [2.05, 4.69) is 99.0 Å². The molecule has 1 amide bonds. The SMILES string of the molecule is CC/C=C/C/C=C/CCCCCCCCCC(=O)NC(COP(=O)(O)OCC[N+](C)(C)C)C(/C=C/CCCCCCCCCCC)OC(=O)CCCCC/C=C\C/C=C\C/C=C\C/C=C\CCCCC. The Balaban J connectivity index is 5.39. The summed E-state index contributed by atoms with van der Waals surface area (Å²) in [6, 6.07) is -0.868. The van der Waals surface area contributed by atoms with Crippen molar-refractivity contribution in [1.29, 1.82) is 0 Å². The van der Waals surface area contributed by atoms with Gasteiger partial charge in [0.25, 0.3) is 0 Å². The smallest absolute Gasteiger partial charge is 0.456 e. The van der Waals surface area contributed by atoms with Gasteiger partial charge >= 0.3 is 13.8 Å². The third kappa shape index (κ3) is 50.1. The number of esters is 1. The maximum atomic E-state index is 13.5. The molecule has 0 fully saturated rings. The highest BCUT2D eigenvalue weighted by Gasteiger charge is 2.30. The fraction of sp³-hybridized carbons (Fsp3) is 0.733. The third-order valence-electron chi connectivity index (χ3n) is 12.1. The fourth-order valence-corrected chi connectivity index (χ4v) is 8.40. The van der Waals surface area contributed by atoms with Gasteiger partial charge in [-0.05, 0) is 102 Å². The van der Waals surface area contributed by atoms with Crippen LogP contribution in [-0.2, 0) is 27.9 Å². The van der Waals surface area contributed by atoms with E-state index in [1.807, 2.05) is 33.3 Å². The average molecular weight is 1000 g/mol. The van der Waals surface area contributed by atoms with E-state index in [0.29, 0.717) is 23.9 Å². The lowest BCUT2D eigenvalue weighted by atomic mass is 10.1. The van der Waals surface area contributed by atoms with Gasteiger partial charge in [0.2, 0.25) is 5.91 Å². The molecule has 0 aromatic rings. The molecule has 0 saturated carbocycles. The number of carbonyl (C=O) groups is 2. The van der Waals surface area contributed by atoms with Gasteiger partial charge in [-0.15, -0.1) is 0 Å². The zero-order valence-electron chi connectivity index (χ0n) is 46.0. The summed E-state index contributed by atoms with van der Waals surface area (Å²) in [6.45, 7) is 6.83. The Morgan fingerprint density at radius 1 is 0.514 bits per heavy atom. The molecule has 3 unspecified atom stereocenters. The summed E-state index contributed by atoms with van der Waals surface area (Å²) in [5.74, 6) is -0.556. The quantitative estimate of drug-likeness (QED) is 0.0205. The predicted molar refractivity (Wildman–Crippen MR) is 300 cm³/mol. The highest BCUT2D eigenvalue weighted by Crippen LogP contribution is 2.43. The predicted octanol–water partition coefficient (Wildman–Crippen LogP) is 17.0. The zero-order chi connectivity index (χ0) is 51.5. The van der Waals surface area contributed by atoms with Gasteiger partial charge in [-0.1, -0.05) is 202 Å². The molecule has 0 bridgehead atoms. The number of rotatable bonds is 50. The van der Waals surface area contributed by atoms with Crippen molar-refractivity contribution in [3.05, 3.63) is 85.1 Å². The second-order valence-electron chi connectivity index (χ2n) is 20.1. The Bertz CT molecular complexity index is 1480. The molecule has 0 radical (unpaired) electrons. The number of ether oxygens (including phenoxy) is 1. The summed E-state index contributed by atoms with van der Waals surface area (Å²) < 4.78 is 30.5. The number of hydrogen-bond donors (Lipinski definition) is 2. The number of likely N-dealkylation sites (N-methyl/N-ethyl adjacent to an activating group) is 1. The molecule has 9 nitrogen and oxygen atoms in total. The van der Waals surface area contributed by atoms with Gasteiger partial charge in [0.15, 0.2) is 0 Å². The molecule has 0 aliphatic rings. The molecule has 3 atom stereocenters. The molecule has 0 spiro atoms. The molecule has 0 aliphatic heterocycles. The molecule has 2 N–H and O–H groups in total. The minimum Gasteiger partial charge on any atom is -0.456 e. The number of nitrogens with one attached hydrogen (secondary N) is 1. The number of amides is 1. The largest absolute Gasteiger partial charge is 0.472 e. The van der Waals surface area contributed by atoms with Crippen LogP contribution in [0.15, 0.2) is 85.1 Å². The van der Waals surface area contributed by atoms with E-state index < -0.39 is 20.0 Å². The molecular weight excluding hydrogens is 892 g/mol. The Hall–Kier alpha value is -2.81. The van der Waals surface area contributed by atoms with Gasteiger partial charge in [0, 0.05) is 12.8 Å². The molecule has 10 heteroatoms. The van der Waals surface area contributed by atoms with Gasteiger partial charge in [-0.2, -0.15) is 0 Å². The van der Waals surface area contributed by atoms with E-state index in [0.717, 1.165) is 103 Å². The van der Waals surface area contributed by atoms with E-state index in [-0.39, 0.29) is 31.5 Å². The highest BCUT2D eigenvalue weighted by atomic mass is 31.2. The monoisotopic (exact) mass is 1000 g/mol. The van der Waals surface area contributed by atoms with Gasteiger partial charge < -0.3 is 19.4 Å². The highest BCUT2D eigenvalue weighted by molar-refractivity contribution is 7.47. The first kappa shape index (κ1) is 67.2. The Labute approximate surface area is 431 Å². The number of phosphoric ester groups is 1. The van der Waals surface area contributed by atoms with Crippen molar-refractivity contribution in [1.82, 2.24) is 5.32 Å². The Morgan fingerprint density at radius 3 is 1.41 bits per heavy atom. The van der Waals surface area contributed by atoms with E-state index in [4.69, 9.17) is 13.8 Å². The standard InChI is InChI=1S/C60H107N2O7P/c1-7-10-13-16-19-22-25-27-29-30-31-32-33-35-38-41-44-47-50-53-60(64)69-58(51-48-45-42-39-36-24-21-18-15-12-9-3)57(56-68-70(65,66)67-55-54-62(4,5)6)61-59(63)52-49-46-43-40-37-34-28-26-23-20-17-14-11-8-2/h11,14,19-20,22-23,27,29,31-32,35,38,48,51,57-58H,7-10,12-13,15-18,21,24-26,28,30,33-34,36-37,39-47,49-50,52-56H2,1-6H3,(H-,61,63,65,66)/p+1/b14-11+,22-19-,23-20+,29-27-,32-31-,38-35-,51-48+. The fourth-order valence-electron chi connectivity index (χ4n) is 7.67. The molecule has 0 rings (SSSR count). The molecule has 0 aromatic carbocycles. The number of phosphoric acid groups is 1. The van der Waals surface area contributed by atoms with Crippen molar-refractivity contribution in [3.8, 4) is 0 Å². The first-order chi connectivity index (χ1) is 33.9. The second-order valence-corrected chi connectivity index (χ2v) is 21.5. The number of allylic oxidation sites excluding steroid dienone is 13. The summed E-state index contributed by atoms with van der Waals surface area (Å²) >= 11 is 0. The molecule has 70 heavy (non-hydrogen) atoms. The van der Waals surface area contributed by atoms with Crippen molar-refractivity contribution in [3.63, 3.8) is 0 Å². The van der Waals surface area contributed by atoms with E-state index >= 15 is 0 Å². The van der Waals surface area contributed by atoms with Crippen molar-refractivity contribution < 1.29 is 37.3 Å². The third-order valence-corrected chi connectivity index (χ3v) is 13.1. The first-order valence-electron chi connectivity index (χ1n) is 28.4. The number of unbranched alkanes of at least 4 members (excludes halogenated alkanes) is 22.